The van der Waals surface area contributed by atoms with Gasteiger partial charge in [-0.15, -0.1) is 12.4 Å². The molecule has 0 amide bonds. The number of aromatic hydroxyl groups is 1. The average molecular weight is 292 g/mol. The molecule has 0 bridgehead atoms. The third kappa shape index (κ3) is 3.89. The number of ether oxygens (including phenoxy) is 2. The van der Waals surface area contributed by atoms with Crippen LogP contribution in [0.3, 0.4) is 0 Å². The second-order valence-electron chi connectivity index (χ2n) is 4.53. The van der Waals surface area contributed by atoms with Gasteiger partial charge >= 0.3 is 0 Å². The molecule has 19 heavy (non-hydrogen) atoms. The third-order valence-corrected chi connectivity index (χ3v) is 2.94. The molecule has 5 nitrogen and oxygen atoms in total. The number of methoxy groups -OCH3 is 2. The van der Waals surface area contributed by atoms with E-state index in [1.54, 1.807) is 12.1 Å². The summed E-state index contributed by atoms with van der Waals surface area (Å²) in [5.74, 6) is 0.507. The summed E-state index contributed by atoms with van der Waals surface area (Å²) in [7, 11) is 2.89. The molecule has 1 aromatic rings. The summed E-state index contributed by atoms with van der Waals surface area (Å²) in [4.78, 5) is 0. The molecule has 0 aliphatic carbocycles. The maximum Gasteiger partial charge on any atom is 0.200 e. The van der Waals surface area contributed by atoms with E-state index >= 15 is 0 Å². The molecule has 1 rings (SSSR count). The van der Waals surface area contributed by atoms with Crippen molar-refractivity contribution in [3.8, 4) is 17.2 Å². The van der Waals surface area contributed by atoms with Crippen LogP contribution in [-0.4, -0.2) is 30.5 Å². The number of benzene rings is 1. The second kappa shape index (κ2) is 7.43. The number of halogens is 1. The van der Waals surface area contributed by atoms with E-state index in [9.17, 15) is 10.2 Å². The largest absolute Gasteiger partial charge is 0.502 e. The van der Waals surface area contributed by atoms with Gasteiger partial charge in [0.05, 0.1) is 26.4 Å². The van der Waals surface area contributed by atoms with E-state index < -0.39 is 12.1 Å². The quantitative estimate of drug-likeness (QED) is 0.771. The molecule has 110 valence electrons. The summed E-state index contributed by atoms with van der Waals surface area (Å²) in [5.41, 5.74) is 6.65. The maximum atomic E-state index is 9.98. The highest BCUT2D eigenvalue weighted by atomic mass is 35.5. The van der Waals surface area contributed by atoms with Crippen LogP contribution >= 0.6 is 12.4 Å². The lowest BCUT2D eigenvalue weighted by atomic mass is 9.94. The van der Waals surface area contributed by atoms with Gasteiger partial charge in [0, 0.05) is 0 Å². The number of hydrogen-bond acceptors (Lipinski definition) is 5. The van der Waals surface area contributed by atoms with E-state index in [0.717, 1.165) is 0 Å². The van der Waals surface area contributed by atoms with Crippen LogP contribution in [-0.2, 0) is 0 Å². The van der Waals surface area contributed by atoms with Gasteiger partial charge in [-0.2, -0.15) is 0 Å². The highest BCUT2D eigenvalue weighted by Gasteiger charge is 2.23. The number of aliphatic hydroxyl groups excluding tert-OH is 1. The number of phenols is 1. The zero-order valence-electron chi connectivity index (χ0n) is 11.6. The Hall–Kier alpha value is -1.17. The monoisotopic (exact) mass is 291 g/mol. The van der Waals surface area contributed by atoms with Crippen LogP contribution in [0.4, 0.5) is 0 Å². The zero-order valence-corrected chi connectivity index (χ0v) is 12.4. The Bertz CT molecular complexity index is 387. The van der Waals surface area contributed by atoms with Crippen LogP contribution in [0.2, 0.25) is 0 Å². The molecule has 2 atom stereocenters. The Morgan fingerprint density at radius 2 is 1.53 bits per heavy atom. The van der Waals surface area contributed by atoms with Crippen LogP contribution in [0.5, 0.6) is 17.2 Å². The van der Waals surface area contributed by atoms with Gasteiger partial charge in [-0.1, -0.05) is 13.8 Å². The fourth-order valence-electron chi connectivity index (χ4n) is 1.72. The van der Waals surface area contributed by atoms with Crippen molar-refractivity contribution in [1.82, 2.24) is 0 Å². The minimum Gasteiger partial charge on any atom is -0.502 e. The van der Waals surface area contributed by atoms with Crippen LogP contribution in [0, 0.1) is 5.92 Å². The van der Waals surface area contributed by atoms with Crippen LogP contribution in [0.1, 0.15) is 25.5 Å². The van der Waals surface area contributed by atoms with E-state index in [1.807, 2.05) is 13.8 Å². The average Bonchev–Trinajstić information content (AvgIpc) is 2.37. The molecule has 0 aromatic heterocycles. The molecular weight excluding hydrogens is 270 g/mol. The highest BCUT2D eigenvalue weighted by Crippen LogP contribution is 2.39. The standard InChI is InChI=1S/C13H21NO4.ClH/c1-7(2)12(15)11(14)8-5-9(17-3)13(16)10(6-8)18-4;/h5-7,11-12,15-16H,14H2,1-4H3;1H/t11-,12+;/m1./s1. The molecular formula is C13H22ClNO4. The zero-order chi connectivity index (χ0) is 13.9. The van der Waals surface area contributed by atoms with Crippen molar-refractivity contribution in [3.63, 3.8) is 0 Å². The minimum atomic E-state index is -0.677. The Morgan fingerprint density at radius 1 is 1.11 bits per heavy atom. The number of phenolic OH excluding ortho intramolecular Hbond substituents is 1. The number of nitrogens with two attached hydrogens (primary N) is 1. The Kier molecular flexibility index (Phi) is 6.97. The molecule has 4 N–H and O–H groups in total. The molecule has 0 heterocycles. The van der Waals surface area contributed by atoms with Gasteiger partial charge in [-0.25, -0.2) is 0 Å². The van der Waals surface area contributed by atoms with Gasteiger partial charge in [0.25, 0.3) is 0 Å². The number of rotatable bonds is 5. The molecule has 0 spiro atoms. The topological polar surface area (TPSA) is 84.9 Å². The molecule has 0 aliphatic rings. The number of hydrogen-bond donors (Lipinski definition) is 3. The van der Waals surface area contributed by atoms with E-state index in [2.05, 4.69) is 0 Å². The predicted octanol–water partition coefficient (Wildman–Crippen LogP) is 1.85. The molecule has 0 radical (unpaired) electrons. The molecule has 0 saturated carbocycles. The van der Waals surface area contributed by atoms with Crippen LogP contribution < -0.4 is 15.2 Å². The van der Waals surface area contributed by atoms with Gasteiger partial charge in [0.1, 0.15) is 0 Å². The lowest BCUT2D eigenvalue weighted by Crippen LogP contribution is -2.30. The van der Waals surface area contributed by atoms with E-state index in [4.69, 9.17) is 15.2 Å². The smallest absolute Gasteiger partial charge is 0.200 e. The van der Waals surface area contributed by atoms with E-state index in [1.165, 1.54) is 14.2 Å². The van der Waals surface area contributed by atoms with E-state index in [-0.39, 0.29) is 35.6 Å². The molecule has 1 aromatic carbocycles. The van der Waals surface area contributed by atoms with Gasteiger partial charge in [-0.05, 0) is 23.6 Å². The van der Waals surface area contributed by atoms with Gasteiger partial charge in [-0.3, -0.25) is 0 Å². The first-order valence-electron chi connectivity index (χ1n) is 5.80. The van der Waals surface area contributed by atoms with Crippen molar-refractivity contribution in [3.05, 3.63) is 17.7 Å². The lowest BCUT2D eigenvalue weighted by molar-refractivity contribution is 0.0977. The third-order valence-electron chi connectivity index (χ3n) is 2.94. The summed E-state index contributed by atoms with van der Waals surface area (Å²) >= 11 is 0. The van der Waals surface area contributed by atoms with Gasteiger partial charge in [0.15, 0.2) is 11.5 Å². The first kappa shape index (κ1) is 17.8. The highest BCUT2D eigenvalue weighted by molar-refractivity contribution is 5.85. The van der Waals surface area contributed by atoms with Crippen LogP contribution in [0.25, 0.3) is 0 Å². The molecule has 0 aliphatic heterocycles. The van der Waals surface area contributed by atoms with Crippen molar-refractivity contribution < 1.29 is 19.7 Å². The Morgan fingerprint density at radius 3 is 1.84 bits per heavy atom. The van der Waals surface area contributed by atoms with E-state index in [0.29, 0.717) is 5.56 Å². The fraction of sp³-hybridized carbons (Fsp3) is 0.538. The number of aliphatic hydroxyl groups is 1. The Balaban J connectivity index is 0.00000324. The van der Waals surface area contributed by atoms with Crippen molar-refractivity contribution in [2.75, 3.05) is 14.2 Å². The summed E-state index contributed by atoms with van der Waals surface area (Å²) in [6, 6.07) is 2.65. The first-order valence-corrected chi connectivity index (χ1v) is 5.80. The summed E-state index contributed by atoms with van der Waals surface area (Å²) < 4.78 is 10.1. The van der Waals surface area contributed by atoms with Crippen molar-refractivity contribution >= 4 is 12.4 Å². The van der Waals surface area contributed by atoms with Crippen molar-refractivity contribution in [1.29, 1.82) is 0 Å². The molecule has 0 unspecified atom stereocenters. The predicted molar refractivity (Wildman–Crippen MR) is 76.2 cm³/mol. The summed E-state index contributed by atoms with van der Waals surface area (Å²) in [6.07, 6.45) is -0.677. The van der Waals surface area contributed by atoms with Crippen molar-refractivity contribution in [2.24, 2.45) is 11.7 Å². The molecule has 0 fully saturated rings. The SMILES string of the molecule is COc1cc([C@@H](N)[C@@H](O)C(C)C)cc(OC)c1O.Cl. The summed E-state index contributed by atoms with van der Waals surface area (Å²) in [6.45, 7) is 3.78. The first-order chi connectivity index (χ1) is 8.42. The molecule has 0 saturated heterocycles. The van der Waals surface area contributed by atoms with Crippen molar-refractivity contribution in [2.45, 2.75) is 26.0 Å². The van der Waals surface area contributed by atoms with Gasteiger partial charge < -0.3 is 25.4 Å². The summed E-state index contributed by atoms with van der Waals surface area (Å²) in [5, 5.41) is 19.8. The lowest BCUT2D eigenvalue weighted by Gasteiger charge is -2.23. The normalized spacial score (nSPS) is 13.6. The molecule has 6 heteroatoms. The Labute approximate surface area is 119 Å². The second-order valence-corrected chi connectivity index (χ2v) is 4.53. The van der Waals surface area contributed by atoms with Gasteiger partial charge in [0.2, 0.25) is 5.75 Å². The van der Waals surface area contributed by atoms with Crippen LogP contribution in [0.15, 0.2) is 12.1 Å². The fourth-order valence-corrected chi connectivity index (χ4v) is 1.72. The minimum absolute atomic E-state index is 0. The maximum absolute atomic E-state index is 9.98.